The minimum atomic E-state index is -0.347. The van der Waals surface area contributed by atoms with Gasteiger partial charge in [0.1, 0.15) is 9.88 Å². The highest BCUT2D eigenvalue weighted by Crippen LogP contribution is 2.24. The van der Waals surface area contributed by atoms with Crippen molar-refractivity contribution in [3.8, 4) is 0 Å². The predicted molar refractivity (Wildman–Crippen MR) is 114 cm³/mol. The molecule has 0 aliphatic rings. The molecule has 1 aromatic heterocycles. The summed E-state index contributed by atoms with van der Waals surface area (Å²) in [6.45, 7) is 6.32. The van der Waals surface area contributed by atoms with Crippen LogP contribution >= 0.6 is 35.3 Å². The molecule has 0 saturated carbocycles. The van der Waals surface area contributed by atoms with Crippen molar-refractivity contribution in [2.24, 2.45) is 4.99 Å². The molecule has 0 fully saturated rings. The van der Waals surface area contributed by atoms with Crippen LogP contribution in [-0.2, 0) is 9.53 Å². The Morgan fingerprint density at radius 1 is 1.38 bits per heavy atom. The first-order valence-electron chi connectivity index (χ1n) is 8.11. The number of aliphatic imine (C=N–C) groups is 1. The summed E-state index contributed by atoms with van der Waals surface area (Å²) >= 11 is 1.31. The van der Waals surface area contributed by atoms with Crippen LogP contribution in [0.2, 0.25) is 0 Å². The van der Waals surface area contributed by atoms with Crippen LogP contribution in [0, 0.1) is 6.92 Å². The fourth-order valence-corrected chi connectivity index (χ4v) is 2.92. The third-order valence-corrected chi connectivity index (χ3v) is 4.67. The van der Waals surface area contributed by atoms with Crippen molar-refractivity contribution in [1.82, 2.24) is 20.5 Å². The van der Waals surface area contributed by atoms with Crippen molar-refractivity contribution in [1.29, 1.82) is 0 Å². The van der Waals surface area contributed by atoms with Crippen LogP contribution < -0.4 is 10.6 Å². The molecule has 26 heavy (non-hydrogen) atoms. The van der Waals surface area contributed by atoms with Gasteiger partial charge in [-0.3, -0.25) is 9.79 Å². The fourth-order valence-electron chi connectivity index (χ4n) is 1.96. The number of guanidine groups is 1. The van der Waals surface area contributed by atoms with Crippen molar-refractivity contribution in [3.63, 3.8) is 0 Å². The molecule has 148 valence electrons. The average Bonchev–Trinajstić information content (AvgIpc) is 2.95. The molecule has 8 nitrogen and oxygen atoms in total. The van der Waals surface area contributed by atoms with Crippen LogP contribution in [0.1, 0.15) is 46.7 Å². The van der Waals surface area contributed by atoms with Gasteiger partial charge >= 0.3 is 5.97 Å². The highest BCUT2D eigenvalue weighted by molar-refractivity contribution is 14.0. The Kier molecular flexibility index (Phi) is 11.4. The molecule has 0 aliphatic heterocycles. The van der Waals surface area contributed by atoms with Gasteiger partial charge in [-0.05, 0) is 20.8 Å². The minimum Gasteiger partial charge on any atom is -0.462 e. The van der Waals surface area contributed by atoms with E-state index in [0.717, 1.165) is 5.01 Å². The molecular weight excluding hydrogens is 469 g/mol. The summed E-state index contributed by atoms with van der Waals surface area (Å²) in [5.74, 6) is 0.274. The zero-order valence-electron chi connectivity index (χ0n) is 16.1. The summed E-state index contributed by atoms with van der Waals surface area (Å²) < 4.78 is 5.04. The molecule has 1 heterocycles. The molecule has 0 spiro atoms. The normalized spacial score (nSPS) is 12.0. The van der Waals surface area contributed by atoms with E-state index in [4.69, 9.17) is 4.74 Å². The topological polar surface area (TPSA) is 95.9 Å². The molecule has 1 amide bonds. The Labute approximate surface area is 175 Å². The van der Waals surface area contributed by atoms with Gasteiger partial charge in [0.25, 0.3) is 0 Å². The van der Waals surface area contributed by atoms with Gasteiger partial charge in [-0.15, -0.1) is 35.3 Å². The lowest BCUT2D eigenvalue weighted by Crippen LogP contribution is -2.40. The molecule has 1 aromatic rings. The van der Waals surface area contributed by atoms with E-state index in [2.05, 4.69) is 20.6 Å². The summed E-state index contributed by atoms with van der Waals surface area (Å²) in [6.07, 6.45) is 0.380. The van der Waals surface area contributed by atoms with Crippen molar-refractivity contribution < 1.29 is 14.3 Å². The third-order valence-electron chi connectivity index (χ3n) is 3.35. The highest BCUT2D eigenvalue weighted by Gasteiger charge is 2.20. The number of halogens is 1. The van der Waals surface area contributed by atoms with Crippen LogP contribution in [0.5, 0.6) is 0 Å². The largest absolute Gasteiger partial charge is 0.462 e. The lowest BCUT2D eigenvalue weighted by Gasteiger charge is -2.16. The number of nitrogens with zero attached hydrogens (tertiary/aromatic N) is 3. The molecule has 0 bridgehead atoms. The number of aryl methyl sites for hydroxylation is 1. The van der Waals surface area contributed by atoms with Crippen molar-refractivity contribution in [2.75, 3.05) is 34.3 Å². The van der Waals surface area contributed by atoms with Gasteiger partial charge < -0.3 is 20.3 Å². The summed E-state index contributed by atoms with van der Waals surface area (Å²) in [5.41, 5.74) is 0.659. The number of carbonyl (C=O) groups is 2. The summed E-state index contributed by atoms with van der Waals surface area (Å²) in [4.78, 5) is 34.1. The molecule has 2 N–H and O–H groups in total. The van der Waals surface area contributed by atoms with Crippen LogP contribution in [0.3, 0.4) is 0 Å². The Morgan fingerprint density at radius 2 is 2.04 bits per heavy atom. The van der Waals surface area contributed by atoms with Gasteiger partial charge in [-0.1, -0.05) is 0 Å². The fraction of sp³-hybridized carbons (Fsp3) is 0.625. The van der Waals surface area contributed by atoms with Gasteiger partial charge in [0.2, 0.25) is 5.91 Å². The second-order valence-corrected chi connectivity index (χ2v) is 6.62. The lowest BCUT2D eigenvalue weighted by molar-refractivity contribution is -0.128. The Hall–Kier alpha value is -1.43. The van der Waals surface area contributed by atoms with E-state index in [1.807, 2.05) is 6.92 Å². The molecule has 10 heteroatoms. The SMILES string of the molecule is CCOC(=O)c1sc(C(C)NC(=NC)NCCC(=O)N(C)C)nc1C.I. The second-order valence-electron chi connectivity index (χ2n) is 5.59. The van der Waals surface area contributed by atoms with Crippen LogP contribution in [-0.4, -0.2) is 62.0 Å². The maximum absolute atomic E-state index is 11.9. The zero-order chi connectivity index (χ0) is 19.0. The second kappa shape index (κ2) is 12.0. The number of rotatable bonds is 7. The van der Waals surface area contributed by atoms with E-state index in [1.54, 1.807) is 39.9 Å². The summed E-state index contributed by atoms with van der Waals surface area (Å²) in [7, 11) is 5.11. The monoisotopic (exact) mass is 497 g/mol. The number of hydrogen-bond acceptors (Lipinski definition) is 6. The van der Waals surface area contributed by atoms with Crippen molar-refractivity contribution in [2.45, 2.75) is 33.2 Å². The Bertz CT molecular complexity index is 633. The van der Waals surface area contributed by atoms with E-state index in [9.17, 15) is 9.59 Å². The quantitative estimate of drug-likeness (QED) is 0.259. The first kappa shape index (κ1) is 24.6. The highest BCUT2D eigenvalue weighted by atomic mass is 127. The lowest BCUT2D eigenvalue weighted by atomic mass is 10.3. The number of aromatic nitrogens is 1. The van der Waals surface area contributed by atoms with Gasteiger partial charge in [-0.25, -0.2) is 9.78 Å². The molecule has 0 aliphatic carbocycles. The number of carbonyl (C=O) groups excluding carboxylic acids is 2. The van der Waals surface area contributed by atoms with Crippen LogP contribution in [0.15, 0.2) is 4.99 Å². The summed E-state index contributed by atoms with van der Waals surface area (Å²) in [5, 5.41) is 7.08. The number of thiazole rings is 1. The van der Waals surface area contributed by atoms with Crippen molar-refractivity contribution >= 4 is 53.1 Å². The average molecular weight is 497 g/mol. The third kappa shape index (κ3) is 7.44. The molecule has 1 atom stereocenters. The van der Waals surface area contributed by atoms with Gasteiger partial charge in [0.05, 0.1) is 18.3 Å². The zero-order valence-corrected chi connectivity index (χ0v) is 19.2. The van der Waals surface area contributed by atoms with E-state index in [0.29, 0.717) is 36.1 Å². The van der Waals surface area contributed by atoms with Gasteiger partial charge in [-0.2, -0.15) is 0 Å². The number of nitrogens with one attached hydrogen (secondary N) is 2. The maximum atomic E-state index is 11.9. The number of amides is 1. The van der Waals surface area contributed by atoms with Gasteiger partial charge in [0.15, 0.2) is 5.96 Å². The molecule has 0 aromatic carbocycles. The molecule has 1 rings (SSSR count). The first-order chi connectivity index (χ1) is 11.8. The van der Waals surface area contributed by atoms with E-state index in [-0.39, 0.29) is 41.9 Å². The molecular formula is C16H28IN5O3S. The minimum absolute atomic E-state index is 0. The maximum Gasteiger partial charge on any atom is 0.350 e. The Morgan fingerprint density at radius 3 is 2.58 bits per heavy atom. The molecule has 0 saturated heterocycles. The molecule has 1 unspecified atom stereocenters. The standard InChI is InChI=1S/C16H27N5O3S.HI/c1-7-24-15(23)13-10(2)19-14(25-13)11(3)20-16(17-4)18-9-8-12(22)21(5)6;/h11H,7-9H2,1-6H3,(H2,17,18,20);1H. The number of ether oxygens (including phenoxy) is 1. The summed E-state index contributed by atoms with van der Waals surface area (Å²) in [6, 6.07) is -0.136. The first-order valence-corrected chi connectivity index (χ1v) is 8.93. The molecule has 0 radical (unpaired) electrons. The smallest absolute Gasteiger partial charge is 0.350 e. The van der Waals surface area contributed by atoms with Crippen LogP contribution in [0.4, 0.5) is 0 Å². The number of esters is 1. The van der Waals surface area contributed by atoms with Crippen LogP contribution in [0.25, 0.3) is 0 Å². The van der Waals surface area contributed by atoms with Gasteiger partial charge in [0, 0.05) is 34.1 Å². The van der Waals surface area contributed by atoms with E-state index in [1.165, 1.54) is 11.3 Å². The number of hydrogen-bond donors (Lipinski definition) is 2. The Balaban J connectivity index is 0.00000625. The predicted octanol–water partition coefficient (Wildman–Crippen LogP) is 1.95. The van der Waals surface area contributed by atoms with Crippen molar-refractivity contribution in [3.05, 3.63) is 15.6 Å². The van der Waals surface area contributed by atoms with E-state index < -0.39 is 0 Å². The van der Waals surface area contributed by atoms with E-state index >= 15 is 0 Å².